The summed E-state index contributed by atoms with van der Waals surface area (Å²) in [5, 5.41) is 13.7. The number of amides is 1. The van der Waals surface area contributed by atoms with Crippen molar-refractivity contribution in [1.29, 1.82) is 0 Å². The predicted molar refractivity (Wildman–Crippen MR) is 121 cm³/mol. The summed E-state index contributed by atoms with van der Waals surface area (Å²) in [6.07, 6.45) is -1.03. The fourth-order valence-corrected chi connectivity index (χ4v) is 4.56. The first-order chi connectivity index (χ1) is 16.5. The zero-order chi connectivity index (χ0) is 24.1. The molecule has 3 atom stereocenters. The zero-order valence-corrected chi connectivity index (χ0v) is 19.0. The smallest absolute Gasteiger partial charge is 0.407 e. The number of rotatable bonds is 8. The van der Waals surface area contributed by atoms with Crippen LogP contribution in [0.3, 0.4) is 0 Å². The third-order valence-corrected chi connectivity index (χ3v) is 6.25. The Labute approximate surface area is 197 Å². The minimum Gasteiger partial charge on any atom is -0.493 e. The fraction of sp³-hybridized carbons (Fsp3) is 0.440. The van der Waals surface area contributed by atoms with Gasteiger partial charge in [0.1, 0.15) is 24.4 Å². The minimum atomic E-state index is -1.08. The number of benzene rings is 2. The van der Waals surface area contributed by atoms with Crippen molar-refractivity contribution < 1.29 is 33.3 Å². The van der Waals surface area contributed by atoms with Crippen molar-refractivity contribution in [2.45, 2.75) is 32.1 Å². The number of esters is 1. The summed E-state index contributed by atoms with van der Waals surface area (Å²) in [5.41, 5.74) is 2.18. The number of aliphatic hydroxyl groups is 1. The fourth-order valence-electron chi connectivity index (χ4n) is 4.56. The van der Waals surface area contributed by atoms with Gasteiger partial charge < -0.3 is 24.6 Å². The highest BCUT2D eigenvalue weighted by Gasteiger charge is 2.43. The van der Waals surface area contributed by atoms with Crippen molar-refractivity contribution in [2.75, 3.05) is 32.8 Å². The Kier molecular flexibility index (Phi) is 7.64. The summed E-state index contributed by atoms with van der Waals surface area (Å²) in [6.45, 7) is 2.70. The number of hydrogen-bond donors (Lipinski definition) is 2. The summed E-state index contributed by atoms with van der Waals surface area (Å²) < 4.78 is 30.8. The molecule has 9 heteroatoms. The molecule has 1 amide bonds. The highest BCUT2D eigenvalue weighted by molar-refractivity contribution is 5.71. The monoisotopic (exact) mass is 472 g/mol. The lowest BCUT2D eigenvalue weighted by atomic mass is 9.86. The van der Waals surface area contributed by atoms with E-state index in [9.17, 15) is 14.7 Å². The van der Waals surface area contributed by atoms with Gasteiger partial charge in [-0.1, -0.05) is 30.3 Å². The SMILES string of the molecule is CCOC(=O)CN1C[C@@H](c2cc3c(cc2F)OCC3)C(CNC(=O)OCc2ccccc2)C1O. The number of likely N-dealkylation sites (tertiary alicyclic amines) is 1. The maximum absolute atomic E-state index is 15.0. The number of fused-ring (bicyclic) bond motifs is 1. The zero-order valence-electron chi connectivity index (χ0n) is 19.0. The molecule has 0 saturated carbocycles. The van der Waals surface area contributed by atoms with Gasteiger partial charge in [0.05, 0.1) is 19.8 Å². The second-order valence-electron chi connectivity index (χ2n) is 8.44. The Morgan fingerprint density at radius 1 is 1.24 bits per heavy atom. The van der Waals surface area contributed by atoms with Crippen molar-refractivity contribution in [3.05, 3.63) is 65.0 Å². The second-order valence-corrected chi connectivity index (χ2v) is 8.44. The van der Waals surface area contributed by atoms with E-state index in [-0.39, 0.29) is 32.8 Å². The van der Waals surface area contributed by atoms with Gasteiger partial charge in [0.25, 0.3) is 0 Å². The van der Waals surface area contributed by atoms with E-state index >= 15 is 4.39 Å². The molecule has 2 aromatic rings. The van der Waals surface area contributed by atoms with E-state index in [2.05, 4.69) is 5.32 Å². The number of carbonyl (C=O) groups is 2. The van der Waals surface area contributed by atoms with Crippen LogP contribution in [0, 0.1) is 11.7 Å². The molecule has 8 nitrogen and oxygen atoms in total. The molecular formula is C25H29FN2O6. The standard InChI is InChI=1S/C25H29FN2O6/c1-2-32-23(29)14-28-13-20(18-10-17-8-9-33-22(17)11-21(18)26)19(24(28)30)12-27-25(31)34-15-16-6-4-3-5-7-16/h3-7,10-11,19-20,24,30H,2,8-9,12-15H2,1H3,(H,27,31)/t19?,20-,24?/m0/s1. The average molecular weight is 473 g/mol. The van der Waals surface area contributed by atoms with Crippen LogP contribution in [0.1, 0.15) is 29.5 Å². The summed E-state index contributed by atoms with van der Waals surface area (Å²) in [5.74, 6) is -1.40. The molecule has 1 saturated heterocycles. The predicted octanol–water partition coefficient (Wildman–Crippen LogP) is 2.58. The van der Waals surface area contributed by atoms with E-state index in [1.165, 1.54) is 6.07 Å². The maximum Gasteiger partial charge on any atom is 0.407 e. The lowest BCUT2D eigenvalue weighted by Gasteiger charge is -2.24. The van der Waals surface area contributed by atoms with Crippen LogP contribution in [0.25, 0.3) is 0 Å². The van der Waals surface area contributed by atoms with Crippen LogP contribution in [0.4, 0.5) is 9.18 Å². The summed E-state index contributed by atoms with van der Waals surface area (Å²) >= 11 is 0. The van der Waals surface area contributed by atoms with Crippen molar-refractivity contribution >= 4 is 12.1 Å². The lowest BCUT2D eigenvalue weighted by Crippen LogP contribution is -2.41. The third-order valence-electron chi connectivity index (χ3n) is 6.25. The molecule has 0 radical (unpaired) electrons. The Hall–Kier alpha value is -3.17. The van der Waals surface area contributed by atoms with Crippen molar-refractivity contribution in [3.8, 4) is 5.75 Å². The van der Waals surface area contributed by atoms with Gasteiger partial charge in [0.15, 0.2) is 0 Å². The van der Waals surface area contributed by atoms with Gasteiger partial charge in [0, 0.05) is 37.4 Å². The maximum atomic E-state index is 15.0. The molecule has 34 heavy (non-hydrogen) atoms. The van der Waals surface area contributed by atoms with Crippen LogP contribution < -0.4 is 10.1 Å². The first-order valence-electron chi connectivity index (χ1n) is 11.4. The number of ether oxygens (including phenoxy) is 3. The Balaban J connectivity index is 1.47. The molecule has 0 aromatic heterocycles. The van der Waals surface area contributed by atoms with E-state index < -0.39 is 35.9 Å². The average Bonchev–Trinajstić information content (AvgIpc) is 3.40. The lowest BCUT2D eigenvalue weighted by molar-refractivity contribution is -0.146. The highest BCUT2D eigenvalue weighted by Crippen LogP contribution is 2.40. The molecule has 2 aliphatic rings. The van der Waals surface area contributed by atoms with E-state index in [0.717, 1.165) is 11.1 Å². The molecule has 0 spiro atoms. The quantitative estimate of drug-likeness (QED) is 0.570. The Morgan fingerprint density at radius 2 is 2.03 bits per heavy atom. The van der Waals surface area contributed by atoms with Crippen molar-refractivity contribution in [1.82, 2.24) is 10.2 Å². The topological polar surface area (TPSA) is 97.3 Å². The van der Waals surface area contributed by atoms with Gasteiger partial charge in [-0.2, -0.15) is 0 Å². The van der Waals surface area contributed by atoms with E-state index in [1.807, 2.05) is 30.3 Å². The number of carbonyl (C=O) groups excluding carboxylic acids is 2. The Morgan fingerprint density at radius 3 is 2.79 bits per heavy atom. The number of halogens is 1. The number of nitrogens with zero attached hydrogens (tertiary/aromatic N) is 1. The molecule has 2 aromatic carbocycles. The first kappa shape index (κ1) is 24.0. The van der Waals surface area contributed by atoms with Gasteiger partial charge in [-0.05, 0) is 29.7 Å². The summed E-state index contributed by atoms with van der Waals surface area (Å²) in [7, 11) is 0. The van der Waals surface area contributed by atoms with Crippen LogP contribution >= 0.6 is 0 Å². The van der Waals surface area contributed by atoms with Gasteiger partial charge in [-0.25, -0.2) is 9.18 Å². The first-order valence-corrected chi connectivity index (χ1v) is 11.4. The van der Waals surface area contributed by atoms with E-state index in [1.54, 1.807) is 17.9 Å². The molecule has 1 fully saturated rings. The number of hydrogen-bond acceptors (Lipinski definition) is 7. The van der Waals surface area contributed by atoms with Gasteiger partial charge in [0.2, 0.25) is 0 Å². The molecule has 2 heterocycles. The summed E-state index contributed by atoms with van der Waals surface area (Å²) in [4.78, 5) is 25.9. The third kappa shape index (κ3) is 5.48. The molecule has 2 unspecified atom stereocenters. The highest BCUT2D eigenvalue weighted by atomic mass is 19.1. The molecule has 4 rings (SSSR count). The van der Waals surface area contributed by atoms with Crippen LogP contribution in [-0.4, -0.2) is 61.1 Å². The molecule has 182 valence electrons. The van der Waals surface area contributed by atoms with Crippen molar-refractivity contribution in [3.63, 3.8) is 0 Å². The largest absolute Gasteiger partial charge is 0.493 e. The second kappa shape index (κ2) is 10.8. The van der Waals surface area contributed by atoms with Crippen LogP contribution in [0.15, 0.2) is 42.5 Å². The number of alkyl carbamates (subject to hydrolysis) is 1. The van der Waals surface area contributed by atoms with Gasteiger partial charge >= 0.3 is 12.1 Å². The molecule has 2 N–H and O–H groups in total. The van der Waals surface area contributed by atoms with Crippen LogP contribution in [0.5, 0.6) is 5.75 Å². The molecular weight excluding hydrogens is 443 g/mol. The summed E-state index contributed by atoms with van der Waals surface area (Å²) in [6, 6.07) is 12.4. The van der Waals surface area contributed by atoms with Gasteiger partial charge in [-0.3, -0.25) is 9.69 Å². The van der Waals surface area contributed by atoms with Gasteiger partial charge in [-0.15, -0.1) is 0 Å². The van der Waals surface area contributed by atoms with Crippen LogP contribution in [0.2, 0.25) is 0 Å². The van der Waals surface area contributed by atoms with Crippen LogP contribution in [-0.2, 0) is 27.3 Å². The van der Waals surface area contributed by atoms with Crippen molar-refractivity contribution in [2.24, 2.45) is 5.92 Å². The molecule has 0 bridgehead atoms. The number of nitrogens with one attached hydrogen (secondary N) is 1. The number of aliphatic hydroxyl groups excluding tert-OH is 1. The van der Waals surface area contributed by atoms with E-state index in [0.29, 0.717) is 24.3 Å². The molecule has 0 aliphatic carbocycles. The minimum absolute atomic E-state index is 0.0474. The van der Waals surface area contributed by atoms with E-state index in [4.69, 9.17) is 14.2 Å². The normalized spacial score (nSPS) is 21.6. The molecule has 2 aliphatic heterocycles. The Bertz CT molecular complexity index is 1020.